The van der Waals surface area contributed by atoms with Gasteiger partial charge in [0.15, 0.2) is 0 Å². The maximum absolute atomic E-state index is 12.0. The van der Waals surface area contributed by atoms with Crippen molar-refractivity contribution in [2.45, 2.75) is 38.3 Å². The monoisotopic (exact) mass is 310 g/mol. The second-order valence-electron chi connectivity index (χ2n) is 5.93. The van der Waals surface area contributed by atoms with Crippen molar-refractivity contribution in [3.63, 3.8) is 0 Å². The lowest BCUT2D eigenvalue weighted by Crippen LogP contribution is -2.63. The van der Waals surface area contributed by atoms with E-state index in [1.54, 1.807) is 0 Å². The average molecular weight is 311 g/mol. The smallest absolute Gasteiger partial charge is 0.234 e. The second-order valence-corrected chi connectivity index (χ2v) is 6.34. The zero-order chi connectivity index (χ0) is 15.5. The summed E-state index contributed by atoms with van der Waals surface area (Å²) in [4.78, 5) is 14.0. The molecule has 5 heteroatoms. The maximum Gasteiger partial charge on any atom is 0.234 e. The second kappa shape index (κ2) is 6.77. The number of carbonyl (C=O) groups excluding carboxylic acids is 1. The predicted octanol–water partition coefficient (Wildman–Crippen LogP) is 2.36. The average Bonchev–Trinajstić information content (AvgIpc) is 2.37. The minimum atomic E-state index is -0.594. The molecule has 1 aromatic carbocycles. The molecule has 0 bridgehead atoms. The number of hydrogen-bond acceptors (Lipinski definition) is 3. The van der Waals surface area contributed by atoms with E-state index in [1.807, 2.05) is 36.1 Å². The maximum atomic E-state index is 12.0. The Bertz CT molecular complexity index is 501. The quantitative estimate of drug-likeness (QED) is 0.848. The Balaban J connectivity index is 1.80. The summed E-state index contributed by atoms with van der Waals surface area (Å²) in [5.74, 6) is -0.0408. The van der Waals surface area contributed by atoms with E-state index in [9.17, 15) is 9.90 Å². The molecule has 0 aromatic heterocycles. The zero-order valence-electron chi connectivity index (χ0n) is 12.6. The molecule has 1 aliphatic heterocycles. The van der Waals surface area contributed by atoms with Gasteiger partial charge in [0.1, 0.15) is 0 Å². The first-order chi connectivity index (χ1) is 9.93. The molecule has 4 nitrogen and oxygen atoms in total. The third kappa shape index (κ3) is 4.19. The number of nitrogens with zero attached hydrogens (tertiary/aromatic N) is 1. The van der Waals surface area contributed by atoms with Crippen molar-refractivity contribution in [1.82, 2.24) is 10.2 Å². The fourth-order valence-corrected chi connectivity index (χ4v) is 3.22. The lowest BCUT2D eigenvalue weighted by Gasteiger charge is -2.46. The van der Waals surface area contributed by atoms with Crippen LogP contribution in [0.4, 0.5) is 0 Å². The molecule has 1 amide bonds. The van der Waals surface area contributed by atoms with Crippen LogP contribution in [0.25, 0.3) is 0 Å². The molecule has 1 fully saturated rings. The van der Waals surface area contributed by atoms with Gasteiger partial charge in [-0.25, -0.2) is 0 Å². The molecule has 1 atom stereocenters. The zero-order valence-corrected chi connectivity index (χ0v) is 13.4. The van der Waals surface area contributed by atoms with E-state index >= 15 is 0 Å². The summed E-state index contributed by atoms with van der Waals surface area (Å²) in [5.41, 5.74) is 0.322. The van der Waals surface area contributed by atoms with Crippen LogP contribution >= 0.6 is 11.6 Å². The first-order valence-corrected chi connectivity index (χ1v) is 7.80. The Morgan fingerprint density at radius 1 is 1.48 bits per heavy atom. The van der Waals surface area contributed by atoms with Gasteiger partial charge in [-0.05, 0) is 25.0 Å². The van der Waals surface area contributed by atoms with E-state index in [0.717, 1.165) is 18.4 Å². The van der Waals surface area contributed by atoms with Crippen LogP contribution in [-0.2, 0) is 4.79 Å². The fourth-order valence-electron chi connectivity index (χ4n) is 2.92. The number of β-amino-alcohol motifs (C(OH)–C–C–N with tert-alkyl or cyclic N) is 1. The van der Waals surface area contributed by atoms with Gasteiger partial charge in [-0.2, -0.15) is 0 Å². The van der Waals surface area contributed by atoms with Gasteiger partial charge in [-0.1, -0.05) is 43.1 Å². The Kier molecular flexibility index (Phi) is 5.25. The number of nitrogens with one attached hydrogen (secondary N) is 1. The van der Waals surface area contributed by atoms with Crippen LogP contribution in [0.3, 0.4) is 0 Å². The lowest BCUT2D eigenvalue weighted by atomic mass is 9.89. The van der Waals surface area contributed by atoms with Crippen molar-refractivity contribution in [3.05, 3.63) is 34.9 Å². The van der Waals surface area contributed by atoms with Crippen LogP contribution in [0.15, 0.2) is 24.3 Å². The van der Waals surface area contributed by atoms with Crippen LogP contribution in [-0.4, -0.2) is 41.1 Å². The van der Waals surface area contributed by atoms with E-state index < -0.39 is 5.60 Å². The molecule has 1 heterocycles. The third-order valence-electron chi connectivity index (χ3n) is 3.87. The molecule has 0 radical (unpaired) electrons. The van der Waals surface area contributed by atoms with E-state index in [4.69, 9.17) is 11.6 Å². The SMILES string of the molecule is CCCC1(O)CN(CC(=O)NC(C)c2ccccc2Cl)C1. The van der Waals surface area contributed by atoms with E-state index in [0.29, 0.717) is 24.7 Å². The van der Waals surface area contributed by atoms with Gasteiger partial charge in [0.05, 0.1) is 18.2 Å². The lowest BCUT2D eigenvalue weighted by molar-refractivity contribution is -0.134. The number of rotatable bonds is 6. The Morgan fingerprint density at radius 2 is 2.14 bits per heavy atom. The van der Waals surface area contributed by atoms with Gasteiger partial charge >= 0.3 is 0 Å². The van der Waals surface area contributed by atoms with Crippen molar-refractivity contribution >= 4 is 17.5 Å². The molecule has 1 saturated heterocycles. The number of halogens is 1. The molecule has 0 spiro atoms. The summed E-state index contributed by atoms with van der Waals surface area (Å²) >= 11 is 6.12. The molecular weight excluding hydrogens is 288 g/mol. The minimum absolute atomic E-state index is 0.0408. The molecule has 116 valence electrons. The highest BCUT2D eigenvalue weighted by Crippen LogP contribution is 2.25. The molecule has 1 aliphatic rings. The first-order valence-electron chi connectivity index (χ1n) is 7.42. The van der Waals surface area contributed by atoms with Crippen molar-refractivity contribution in [1.29, 1.82) is 0 Å². The van der Waals surface area contributed by atoms with Crippen LogP contribution < -0.4 is 5.32 Å². The number of aliphatic hydroxyl groups is 1. The van der Waals surface area contributed by atoms with Gasteiger partial charge in [-0.3, -0.25) is 9.69 Å². The summed E-state index contributed by atoms with van der Waals surface area (Å²) in [6.07, 6.45) is 1.75. The number of amides is 1. The van der Waals surface area contributed by atoms with Gasteiger partial charge in [0.2, 0.25) is 5.91 Å². The predicted molar refractivity (Wildman–Crippen MR) is 84.3 cm³/mol. The third-order valence-corrected chi connectivity index (χ3v) is 4.21. The van der Waals surface area contributed by atoms with Gasteiger partial charge < -0.3 is 10.4 Å². The standard InChI is InChI=1S/C16H23ClN2O2/c1-3-8-16(21)10-19(11-16)9-15(20)18-12(2)13-6-4-5-7-14(13)17/h4-7,12,21H,3,8-11H2,1-2H3,(H,18,20). The summed E-state index contributed by atoms with van der Waals surface area (Å²) in [6.45, 7) is 5.45. The van der Waals surface area contributed by atoms with Crippen molar-refractivity contribution in [3.8, 4) is 0 Å². The molecule has 0 aliphatic carbocycles. The van der Waals surface area contributed by atoms with Crippen molar-refractivity contribution in [2.75, 3.05) is 19.6 Å². The number of carbonyl (C=O) groups is 1. The molecular formula is C16H23ClN2O2. The van der Waals surface area contributed by atoms with E-state index in [-0.39, 0.29) is 11.9 Å². The highest BCUT2D eigenvalue weighted by molar-refractivity contribution is 6.31. The molecule has 1 aromatic rings. The summed E-state index contributed by atoms with van der Waals surface area (Å²) in [7, 11) is 0. The minimum Gasteiger partial charge on any atom is -0.387 e. The van der Waals surface area contributed by atoms with Gasteiger partial charge in [0, 0.05) is 18.1 Å². The van der Waals surface area contributed by atoms with Gasteiger partial charge in [0.25, 0.3) is 0 Å². The van der Waals surface area contributed by atoms with Crippen molar-refractivity contribution in [2.24, 2.45) is 0 Å². The summed E-state index contributed by atoms with van der Waals surface area (Å²) < 4.78 is 0. The van der Waals surface area contributed by atoms with Gasteiger partial charge in [-0.15, -0.1) is 0 Å². The molecule has 2 rings (SSSR count). The first kappa shape index (κ1) is 16.3. The number of likely N-dealkylation sites (tertiary alicyclic amines) is 1. The van der Waals surface area contributed by atoms with Crippen LogP contribution in [0.2, 0.25) is 5.02 Å². The van der Waals surface area contributed by atoms with Crippen LogP contribution in [0, 0.1) is 0 Å². The van der Waals surface area contributed by atoms with E-state index in [1.165, 1.54) is 0 Å². The van der Waals surface area contributed by atoms with Crippen LogP contribution in [0.1, 0.15) is 38.3 Å². The number of benzene rings is 1. The Morgan fingerprint density at radius 3 is 2.76 bits per heavy atom. The Hall–Kier alpha value is -1.10. The highest BCUT2D eigenvalue weighted by atomic mass is 35.5. The fraction of sp³-hybridized carbons (Fsp3) is 0.562. The van der Waals surface area contributed by atoms with Crippen molar-refractivity contribution < 1.29 is 9.90 Å². The molecule has 0 saturated carbocycles. The van der Waals surface area contributed by atoms with Crippen LogP contribution in [0.5, 0.6) is 0 Å². The summed E-state index contributed by atoms with van der Waals surface area (Å²) in [5, 5.41) is 13.7. The summed E-state index contributed by atoms with van der Waals surface area (Å²) in [6, 6.07) is 7.39. The molecule has 21 heavy (non-hydrogen) atoms. The largest absolute Gasteiger partial charge is 0.387 e. The number of hydrogen-bond donors (Lipinski definition) is 2. The Labute approximate surface area is 131 Å². The normalized spacial score (nSPS) is 18.9. The molecule has 2 N–H and O–H groups in total. The highest BCUT2D eigenvalue weighted by Gasteiger charge is 2.40. The molecule has 1 unspecified atom stereocenters. The van der Waals surface area contributed by atoms with E-state index in [2.05, 4.69) is 12.2 Å². The topological polar surface area (TPSA) is 52.6 Å².